The first-order valence-corrected chi connectivity index (χ1v) is 5.42. The monoisotopic (exact) mass is 196 g/mol. The number of carbonyl (C=O) groups is 1. The lowest BCUT2D eigenvalue weighted by molar-refractivity contribution is 0.0702. The molecule has 3 heteroatoms. The number of hydrogen-bond acceptors (Lipinski definition) is 2. The number of carboxylic acids is 1. The summed E-state index contributed by atoms with van der Waals surface area (Å²) in [5, 5.41) is 8.75. The van der Waals surface area contributed by atoms with E-state index in [0.29, 0.717) is 10.8 Å². The summed E-state index contributed by atoms with van der Waals surface area (Å²) < 4.78 is 0. The van der Waals surface area contributed by atoms with E-state index in [-0.39, 0.29) is 0 Å². The highest BCUT2D eigenvalue weighted by atomic mass is 32.1. The van der Waals surface area contributed by atoms with Crippen molar-refractivity contribution < 1.29 is 9.90 Å². The molecule has 0 spiro atoms. The molecule has 0 atom stereocenters. The first-order valence-electron chi connectivity index (χ1n) is 4.60. The van der Waals surface area contributed by atoms with E-state index in [0.717, 1.165) is 0 Å². The summed E-state index contributed by atoms with van der Waals surface area (Å²) in [6.45, 7) is 0. The second kappa shape index (κ2) is 3.50. The molecule has 0 aromatic carbocycles. The molecule has 1 saturated carbocycles. The molecule has 1 aliphatic carbocycles. The van der Waals surface area contributed by atoms with Crippen molar-refractivity contribution in [1.29, 1.82) is 0 Å². The molecule has 0 bridgehead atoms. The van der Waals surface area contributed by atoms with Gasteiger partial charge < -0.3 is 5.11 Å². The van der Waals surface area contributed by atoms with Gasteiger partial charge in [-0.1, -0.05) is 12.8 Å². The van der Waals surface area contributed by atoms with Crippen molar-refractivity contribution in [3.63, 3.8) is 0 Å². The molecule has 1 heterocycles. The standard InChI is InChI=1S/C10H12O2S/c11-10(12)9-6-5-8(13-9)7-3-1-2-4-7/h5-7H,1-4H2,(H,11,12). The summed E-state index contributed by atoms with van der Waals surface area (Å²) in [5.74, 6) is -0.160. The van der Waals surface area contributed by atoms with Crippen molar-refractivity contribution in [2.24, 2.45) is 0 Å². The third-order valence-corrected chi connectivity index (χ3v) is 3.83. The second-order valence-electron chi connectivity index (χ2n) is 3.49. The summed E-state index contributed by atoms with van der Waals surface area (Å²) in [5.41, 5.74) is 0. The van der Waals surface area contributed by atoms with Crippen LogP contribution in [0.3, 0.4) is 0 Å². The van der Waals surface area contributed by atoms with E-state index in [4.69, 9.17) is 5.11 Å². The van der Waals surface area contributed by atoms with Gasteiger partial charge in [-0.15, -0.1) is 11.3 Å². The topological polar surface area (TPSA) is 37.3 Å². The van der Waals surface area contributed by atoms with Gasteiger partial charge in [-0.25, -0.2) is 4.79 Å². The lowest BCUT2D eigenvalue weighted by atomic mass is 10.1. The van der Waals surface area contributed by atoms with Crippen LogP contribution in [0.15, 0.2) is 12.1 Å². The van der Waals surface area contributed by atoms with Gasteiger partial charge in [0.05, 0.1) is 0 Å². The van der Waals surface area contributed by atoms with Crippen molar-refractivity contribution in [3.05, 3.63) is 21.9 Å². The molecule has 13 heavy (non-hydrogen) atoms. The quantitative estimate of drug-likeness (QED) is 0.789. The van der Waals surface area contributed by atoms with Gasteiger partial charge in [0.15, 0.2) is 0 Å². The Morgan fingerprint density at radius 1 is 1.38 bits per heavy atom. The van der Waals surface area contributed by atoms with Crippen LogP contribution in [0.5, 0.6) is 0 Å². The molecule has 1 fully saturated rings. The molecule has 1 aromatic heterocycles. The minimum Gasteiger partial charge on any atom is -0.477 e. The molecule has 1 aliphatic rings. The van der Waals surface area contributed by atoms with Crippen LogP contribution in [0.4, 0.5) is 0 Å². The zero-order valence-corrected chi connectivity index (χ0v) is 8.14. The fourth-order valence-electron chi connectivity index (χ4n) is 1.90. The number of carboxylic acid groups (broad SMARTS) is 1. The fraction of sp³-hybridized carbons (Fsp3) is 0.500. The fourth-order valence-corrected chi connectivity index (χ4v) is 2.91. The van der Waals surface area contributed by atoms with Gasteiger partial charge in [0.25, 0.3) is 0 Å². The van der Waals surface area contributed by atoms with Gasteiger partial charge in [-0.05, 0) is 30.9 Å². The molecule has 0 aliphatic heterocycles. The lowest BCUT2D eigenvalue weighted by Gasteiger charge is -2.03. The van der Waals surface area contributed by atoms with Crippen molar-refractivity contribution in [2.75, 3.05) is 0 Å². The number of rotatable bonds is 2. The minimum atomic E-state index is -0.797. The SMILES string of the molecule is O=C(O)c1ccc(C2CCCC2)s1. The minimum absolute atomic E-state index is 0.474. The van der Waals surface area contributed by atoms with Crippen LogP contribution in [-0.4, -0.2) is 11.1 Å². The predicted octanol–water partition coefficient (Wildman–Crippen LogP) is 3.10. The second-order valence-corrected chi connectivity index (χ2v) is 4.60. The molecular formula is C10H12O2S. The van der Waals surface area contributed by atoms with Crippen LogP contribution in [0.1, 0.15) is 46.2 Å². The maximum atomic E-state index is 10.6. The molecular weight excluding hydrogens is 184 g/mol. The molecule has 1 N–H and O–H groups in total. The molecule has 1 aromatic rings. The van der Waals surface area contributed by atoms with E-state index in [1.54, 1.807) is 6.07 Å². The highest BCUT2D eigenvalue weighted by Gasteiger charge is 2.19. The summed E-state index contributed by atoms with van der Waals surface area (Å²) >= 11 is 1.44. The van der Waals surface area contributed by atoms with Crippen molar-refractivity contribution >= 4 is 17.3 Å². The van der Waals surface area contributed by atoms with E-state index in [9.17, 15) is 4.79 Å². The third kappa shape index (κ3) is 1.75. The average molecular weight is 196 g/mol. The van der Waals surface area contributed by atoms with Gasteiger partial charge in [0.2, 0.25) is 0 Å². The van der Waals surface area contributed by atoms with E-state index < -0.39 is 5.97 Å². The summed E-state index contributed by atoms with van der Waals surface area (Å²) in [7, 11) is 0. The normalized spacial score (nSPS) is 17.8. The van der Waals surface area contributed by atoms with E-state index in [1.807, 2.05) is 6.07 Å². The Hall–Kier alpha value is -0.830. The van der Waals surface area contributed by atoms with Crippen molar-refractivity contribution in [2.45, 2.75) is 31.6 Å². The van der Waals surface area contributed by atoms with E-state index in [2.05, 4.69) is 0 Å². The number of aromatic carboxylic acids is 1. The zero-order chi connectivity index (χ0) is 9.26. The largest absolute Gasteiger partial charge is 0.477 e. The molecule has 0 saturated heterocycles. The van der Waals surface area contributed by atoms with Gasteiger partial charge >= 0.3 is 5.97 Å². The molecule has 0 amide bonds. The Balaban J connectivity index is 2.16. The zero-order valence-electron chi connectivity index (χ0n) is 7.32. The van der Waals surface area contributed by atoms with Crippen molar-refractivity contribution in [3.8, 4) is 0 Å². The first kappa shape index (κ1) is 8.75. The van der Waals surface area contributed by atoms with Gasteiger partial charge in [0, 0.05) is 4.88 Å². The Morgan fingerprint density at radius 3 is 2.62 bits per heavy atom. The van der Waals surface area contributed by atoms with Gasteiger partial charge in [0.1, 0.15) is 4.88 Å². The van der Waals surface area contributed by atoms with Crippen LogP contribution < -0.4 is 0 Å². The molecule has 0 radical (unpaired) electrons. The maximum absolute atomic E-state index is 10.6. The summed E-state index contributed by atoms with van der Waals surface area (Å²) in [6, 6.07) is 3.70. The number of hydrogen-bond donors (Lipinski definition) is 1. The van der Waals surface area contributed by atoms with Crippen LogP contribution in [0, 0.1) is 0 Å². The average Bonchev–Trinajstić information content (AvgIpc) is 2.75. The summed E-state index contributed by atoms with van der Waals surface area (Å²) in [6.07, 6.45) is 5.06. The van der Waals surface area contributed by atoms with Crippen LogP contribution in [0.25, 0.3) is 0 Å². The lowest BCUT2D eigenvalue weighted by Crippen LogP contribution is -1.90. The maximum Gasteiger partial charge on any atom is 0.345 e. The Bertz CT molecular complexity index is 310. The first-order chi connectivity index (χ1) is 6.27. The Morgan fingerprint density at radius 2 is 2.08 bits per heavy atom. The highest BCUT2D eigenvalue weighted by Crippen LogP contribution is 2.37. The van der Waals surface area contributed by atoms with Crippen LogP contribution in [0.2, 0.25) is 0 Å². The molecule has 2 nitrogen and oxygen atoms in total. The highest BCUT2D eigenvalue weighted by molar-refractivity contribution is 7.14. The van der Waals surface area contributed by atoms with E-state index in [1.165, 1.54) is 41.9 Å². The Kier molecular flexibility index (Phi) is 2.36. The van der Waals surface area contributed by atoms with Crippen LogP contribution in [-0.2, 0) is 0 Å². The predicted molar refractivity (Wildman–Crippen MR) is 52.5 cm³/mol. The van der Waals surface area contributed by atoms with Crippen molar-refractivity contribution in [1.82, 2.24) is 0 Å². The summed E-state index contributed by atoms with van der Waals surface area (Å²) in [4.78, 5) is 12.4. The van der Waals surface area contributed by atoms with Crippen LogP contribution >= 0.6 is 11.3 Å². The van der Waals surface area contributed by atoms with Gasteiger partial charge in [-0.3, -0.25) is 0 Å². The molecule has 0 unspecified atom stereocenters. The van der Waals surface area contributed by atoms with E-state index >= 15 is 0 Å². The third-order valence-electron chi connectivity index (χ3n) is 2.60. The molecule has 70 valence electrons. The number of thiophene rings is 1. The smallest absolute Gasteiger partial charge is 0.345 e. The molecule has 2 rings (SSSR count). The van der Waals surface area contributed by atoms with Gasteiger partial charge in [-0.2, -0.15) is 0 Å². The Labute approximate surface area is 81.2 Å².